The van der Waals surface area contributed by atoms with Gasteiger partial charge < -0.3 is 0 Å². The maximum absolute atomic E-state index is 3.73. The Balaban J connectivity index is 3.17. The van der Waals surface area contributed by atoms with E-state index >= 15 is 0 Å². The van der Waals surface area contributed by atoms with E-state index < -0.39 is 0 Å². The molecule has 0 saturated heterocycles. The van der Waals surface area contributed by atoms with E-state index in [2.05, 4.69) is 26.5 Å². The lowest BCUT2D eigenvalue weighted by atomic mass is 10.0. The summed E-state index contributed by atoms with van der Waals surface area (Å²) in [6.45, 7) is 8.25. The Kier molecular flexibility index (Phi) is 12.1. The maximum atomic E-state index is 3.73. The largest absolute Gasteiger partial charge is 0.103 e. The zero-order valence-electron chi connectivity index (χ0n) is 11.4. The first-order valence-electron chi connectivity index (χ1n) is 7.07. The van der Waals surface area contributed by atoms with Crippen molar-refractivity contribution in [2.24, 2.45) is 0 Å². The number of hydrogen-bond donors (Lipinski definition) is 0. The molecule has 0 N–H and O–H groups in total. The second-order valence-corrected chi connectivity index (χ2v) is 4.80. The van der Waals surface area contributed by atoms with Crippen LogP contribution in [0.3, 0.4) is 0 Å². The minimum Gasteiger partial charge on any atom is -0.103 e. The lowest BCUT2D eigenvalue weighted by molar-refractivity contribution is 0.575. The zero-order chi connectivity index (χ0) is 12.1. The molecule has 0 bridgehead atoms. The first kappa shape index (κ1) is 15.5. The van der Waals surface area contributed by atoms with Crippen molar-refractivity contribution in [3.8, 4) is 0 Å². The van der Waals surface area contributed by atoms with Crippen LogP contribution in [0.4, 0.5) is 0 Å². The molecule has 0 aliphatic heterocycles. The number of rotatable bonds is 11. The van der Waals surface area contributed by atoms with Gasteiger partial charge in [-0.15, -0.1) is 6.58 Å². The Morgan fingerprint density at radius 1 is 0.938 bits per heavy atom. The molecule has 0 aromatic carbocycles. The molecule has 0 aliphatic carbocycles. The Bertz CT molecular complexity index is 176. The Hall–Kier alpha value is -0.520. The summed E-state index contributed by atoms with van der Waals surface area (Å²) in [6.07, 6.45) is 17.9. The summed E-state index contributed by atoms with van der Waals surface area (Å²) in [6, 6.07) is 0. The van der Waals surface area contributed by atoms with E-state index in [1.807, 2.05) is 6.08 Å². The molecule has 0 aliphatic rings. The predicted octanol–water partition coefficient (Wildman–Crippen LogP) is 6.04. The molecular formula is C16H30. The number of allylic oxidation sites excluding steroid dienone is 3. The second-order valence-electron chi connectivity index (χ2n) is 4.80. The summed E-state index contributed by atoms with van der Waals surface area (Å²) in [5, 5.41) is 0. The van der Waals surface area contributed by atoms with Gasteiger partial charge in [0.1, 0.15) is 0 Å². The normalized spacial score (nSPS) is 11.8. The van der Waals surface area contributed by atoms with Crippen LogP contribution in [0.15, 0.2) is 24.3 Å². The van der Waals surface area contributed by atoms with Gasteiger partial charge in [-0.2, -0.15) is 0 Å². The third kappa shape index (κ3) is 11.6. The highest BCUT2D eigenvalue weighted by Gasteiger charge is 1.92. The minimum atomic E-state index is 1.03. The molecule has 0 atom stereocenters. The molecule has 0 rings (SSSR count). The van der Waals surface area contributed by atoms with Gasteiger partial charge in [-0.3, -0.25) is 0 Å². The summed E-state index contributed by atoms with van der Waals surface area (Å²) in [4.78, 5) is 0. The Labute approximate surface area is 103 Å². The molecule has 0 aromatic rings. The molecule has 0 nitrogen and oxygen atoms in total. The van der Waals surface area contributed by atoms with Crippen LogP contribution in [0, 0.1) is 0 Å². The highest BCUT2D eigenvalue weighted by molar-refractivity contribution is 5.00. The van der Waals surface area contributed by atoms with Crippen LogP contribution >= 0.6 is 0 Å². The topological polar surface area (TPSA) is 0 Å². The van der Waals surface area contributed by atoms with Gasteiger partial charge in [0.2, 0.25) is 0 Å². The molecule has 16 heavy (non-hydrogen) atoms. The van der Waals surface area contributed by atoms with E-state index in [0.29, 0.717) is 0 Å². The monoisotopic (exact) mass is 222 g/mol. The van der Waals surface area contributed by atoms with Crippen LogP contribution in [0.1, 0.15) is 78.1 Å². The van der Waals surface area contributed by atoms with Crippen LogP contribution in [-0.4, -0.2) is 0 Å². The van der Waals surface area contributed by atoms with Crippen molar-refractivity contribution in [3.05, 3.63) is 24.3 Å². The molecule has 0 saturated carbocycles. The molecule has 0 heteroatoms. The summed E-state index contributed by atoms with van der Waals surface area (Å²) < 4.78 is 0. The average molecular weight is 222 g/mol. The van der Waals surface area contributed by atoms with Gasteiger partial charge in [-0.1, -0.05) is 69.6 Å². The lowest BCUT2D eigenvalue weighted by Crippen LogP contribution is -1.82. The van der Waals surface area contributed by atoms with Crippen molar-refractivity contribution in [1.29, 1.82) is 0 Å². The molecule has 94 valence electrons. The molecular weight excluding hydrogens is 192 g/mol. The van der Waals surface area contributed by atoms with E-state index in [4.69, 9.17) is 0 Å². The fraction of sp³-hybridized carbons (Fsp3) is 0.750. The summed E-state index contributed by atoms with van der Waals surface area (Å²) >= 11 is 0. The fourth-order valence-corrected chi connectivity index (χ4v) is 1.92. The molecule has 0 amide bonds. The van der Waals surface area contributed by atoms with Gasteiger partial charge in [0, 0.05) is 0 Å². The zero-order valence-corrected chi connectivity index (χ0v) is 11.4. The van der Waals surface area contributed by atoms with Crippen molar-refractivity contribution < 1.29 is 0 Å². The fourth-order valence-electron chi connectivity index (χ4n) is 1.92. The highest BCUT2D eigenvalue weighted by atomic mass is 14.0. The van der Waals surface area contributed by atoms with Gasteiger partial charge in [-0.05, 0) is 26.2 Å². The smallest absolute Gasteiger partial charge is 0.0169 e. The van der Waals surface area contributed by atoms with Gasteiger partial charge in [0.25, 0.3) is 0 Å². The highest BCUT2D eigenvalue weighted by Crippen LogP contribution is 2.12. The van der Waals surface area contributed by atoms with E-state index in [9.17, 15) is 0 Å². The number of unbranched alkanes of at least 4 members (excludes halogenated alkanes) is 7. The first-order valence-corrected chi connectivity index (χ1v) is 7.07. The molecule has 0 aromatic heterocycles. The van der Waals surface area contributed by atoms with Gasteiger partial charge in [0.15, 0.2) is 0 Å². The summed E-state index contributed by atoms with van der Waals surface area (Å²) in [7, 11) is 0. The number of hydrogen-bond acceptors (Lipinski definition) is 0. The van der Waals surface area contributed by atoms with Crippen molar-refractivity contribution in [3.63, 3.8) is 0 Å². The lowest BCUT2D eigenvalue weighted by Gasteiger charge is -2.02. The van der Waals surface area contributed by atoms with Crippen molar-refractivity contribution in [2.75, 3.05) is 0 Å². The standard InChI is InChI=1S/C16H30/c1-4-6-8-9-10-11-12-13-15-16(3)14-7-5-2/h5,14H,2,4,6-13,15H2,1,3H3. The van der Waals surface area contributed by atoms with Gasteiger partial charge in [0.05, 0.1) is 0 Å². The third-order valence-electron chi connectivity index (χ3n) is 3.06. The Morgan fingerprint density at radius 2 is 1.50 bits per heavy atom. The van der Waals surface area contributed by atoms with Gasteiger partial charge >= 0.3 is 0 Å². The molecule has 0 heterocycles. The molecule has 0 radical (unpaired) electrons. The first-order chi connectivity index (χ1) is 7.81. The second kappa shape index (κ2) is 12.5. The predicted molar refractivity (Wildman–Crippen MR) is 75.8 cm³/mol. The van der Waals surface area contributed by atoms with Crippen LogP contribution in [0.2, 0.25) is 0 Å². The maximum Gasteiger partial charge on any atom is -0.0169 e. The Morgan fingerprint density at radius 3 is 2.06 bits per heavy atom. The molecule has 0 fully saturated rings. The van der Waals surface area contributed by atoms with E-state index in [-0.39, 0.29) is 0 Å². The van der Waals surface area contributed by atoms with Crippen LogP contribution < -0.4 is 0 Å². The van der Waals surface area contributed by atoms with Crippen molar-refractivity contribution in [2.45, 2.75) is 78.1 Å². The third-order valence-corrected chi connectivity index (χ3v) is 3.06. The molecule has 0 spiro atoms. The quantitative estimate of drug-likeness (QED) is 0.295. The van der Waals surface area contributed by atoms with Crippen LogP contribution in [0.25, 0.3) is 0 Å². The van der Waals surface area contributed by atoms with Crippen LogP contribution in [0.5, 0.6) is 0 Å². The van der Waals surface area contributed by atoms with Crippen LogP contribution in [-0.2, 0) is 0 Å². The average Bonchev–Trinajstić information content (AvgIpc) is 2.30. The van der Waals surface area contributed by atoms with E-state index in [0.717, 1.165) is 6.42 Å². The van der Waals surface area contributed by atoms with E-state index in [1.54, 1.807) is 0 Å². The summed E-state index contributed by atoms with van der Waals surface area (Å²) in [5.41, 5.74) is 1.53. The summed E-state index contributed by atoms with van der Waals surface area (Å²) in [5.74, 6) is 0. The molecule has 0 unspecified atom stereocenters. The van der Waals surface area contributed by atoms with Gasteiger partial charge in [-0.25, -0.2) is 0 Å². The van der Waals surface area contributed by atoms with E-state index in [1.165, 1.54) is 63.4 Å². The SMILES string of the molecule is C=CCC=C(C)CCCCCCCCCC. The minimum absolute atomic E-state index is 1.03. The van der Waals surface area contributed by atoms with Crippen molar-refractivity contribution in [1.82, 2.24) is 0 Å². The van der Waals surface area contributed by atoms with Crippen molar-refractivity contribution >= 4 is 0 Å².